The first-order valence-electron chi connectivity index (χ1n) is 7.65. The van der Waals surface area contributed by atoms with E-state index in [1.54, 1.807) is 0 Å². The molecule has 0 aliphatic carbocycles. The molecule has 5 nitrogen and oxygen atoms in total. The second-order valence-corrected chi connectivity index (χ2v) is 7.12. The first-order chi connectivity index (χ1) is 9.51. The van der Waals surface area contributed by atoms with Crippen LogP contribution in [0.1, 0.15) is 47.5 Å². The quantitative estimate of drug-likeness (QED) is 0.645. The number of esters is 1. The second-order valence-electron chi connectivity index (χ2n) is 7.12. The molecule has 0 saturated carbocycles. The second kappa shape index (κ2) is 9.03. The minimum absolute atomic E-state index is 0.0245. The highest BCUT2D eigenvalue weighted by Crippen LogP contribution is 2.10. The fourth-order valence-corrected chi connectivity index (χ4v) is 1.84. The van der Waals surface area contributed by atoms with Crippen molar-refractivity contribution in [1.29, 1.82) is 0 Å². The molecule has 0 spiro atoms. The Hall–Kier alpha value is -1.10. The lowest BCUT2D eigenvalue weighted by Gasteiger charge is -2.26. The van der Waals surface area contributed by atoms with E-state index in [0.29, 0.717) is 12.5 Å². The van der Waals surface area contributed by atoms with Gasteiger partial charge < -0.3 is 14.5 Å². The molecular formula is C16H32N2O3. The third kappa shape index (κ3) is 11.3. The molecular weight excluding hydrogens is 268 g/mol. The van der Waals surface area contributed by atoms with Crippen LogP contribution in [0.5, 0.6) is 0 Å². The number of carbonyl (C=O) groups is 2. The first-order valence-corrected chi connectivity index (χ1v) is 7.65. The summed E-state index contributed by atoms with van der Waals surface area (Å²) in [6, 6.07) is 0. The summed E-state index contributed by atoms with van der Waals surface area (Å²) >= 11 is 0. The lowest BCUT2D eigenvalue weighted by atomic mass is 10.1. The molecule has 0 atom stereocenters. The molecule has 5 heteroatoms. The molecule has 124 valence electrons. The van der Waals surface area contributed by atoms with Crippen LogP contribution < -0.4 is 0 Å². The van der Waals surface area contributed by atoms with E-state index in [1.165, 1.54) is 0 Å². The average Bonchev–Trinajstić information content (AvgIpc) is 2.28. The molecule has 0 aromatic heterocycles. The summed E-state index contributed by atoms with van der Waals surface area (Å²) in [5.41, 5.74) is -0.497. The summed E-state index contributed by atoms with van der Waals surface area (Å²) in [5.74, 6) is 0.127. The van der Waals surface area contributed by atoms with E-state index in [-0.39, 0.29) is 24.7 Å². The van der Waals surface area contributed by atoms with Crippen molar-refractivity contribution in [3.05, 3.63) is 0 Å². The number of nitrogens with zero attached hydrogens (tertiary/aromatic N) is 2. The van der Waals surface area contributed by atoms with Gasteiger partial charge in [-0.3, -0.25) is 9.59 Å². The van der Waals surface area contributed by atoms with Crippen LogP contribution >= 0.6 is 0 Å². The predicted molar refractivity (Wildman–Crippen MR) is 85.1 cm³/mol. The van der Waals surface area contributed by atoms with Gasteiger partial charge in [0.2, 0.25) is 5.91 Å². The molecule has 0 radical (unpaired) electrons. The van der Waals surface area contributed by atoms with Crippen LogP contribution in [0.3, 0.4) is 0 Å². The molecule has 1 amide bonds. The molecule has 0 unspecified atom stereocenters. The zero-order chi connectivity index (χ0) is 16.6. The normalized spacial score (nSPS) is 11.9. The molecule has 0 N–H and O–H groups in total. The van der Waals surface area contributed by atoms with Crippen LogP contribution in [0, 0.1) is 5.92 Å². The maximum Gasteiger partial charge on any atom is 0.306 e. The Balaban J connectivity index is 4.36. The molecule has 0 bridgehead atoms. The van der Waals surface area contributed by atoms with Gasteiger partial charge in [-0.05, 0) is 40.8 Å². The zero-order valence-corrected chi connectivity index (χ0v) is 14.7. The van der Waals surface area contributed by atoms with E-state index in [0.717, 1.165) is 13.1 Å². The minimum Gasteiger partial charge on any atom is -0.460 e. The van der Waals surface area contributed by atoms with Crippen molar-refractivity contribution in [1.82, 2.24) is 9.80 Å². The van der Waals surface area contributed by atoms with Crippen LogP contribution in [-0.2, 0) is 14.3 Å². The van der Waals surface area contributed by atoms with Crippen molar-refractivity contribution < 1.29 is 14.3 Å². The summed E-state index contributed by atoms with van der Waals surface area (Å²) in [4.78, 5) is 27.8. The van der Waals surface area contributed by atoms with Crippen LogP contribution in [0.15, 0.2) is 0 Å². The topological polar surface area (TPSA) is 49.9 Å². The maximum absolute atomic E-state index is 12.3. The number of amides is 1. The average molecular weight is 300 g/mol. The van der Waals surface area contributed by atoms with Gasteiger partial charge in [0.15, 0.2) is 0 Å². The van der Waals surface area contributed by atoms with Gasteiger partial charge in [0.05, 0.1) is 6.42 Å². The third-order valence-corrected chi connectivity index (χ3v) is 2.72. The van der Waals surface area contributed by atoms with Gasteiger partial charge in [0.25, 0.3) is 0 Å². The largest absolute Gasteiger partial charge is 0.460 e. The molecule has 0 heterocycles. The van der Waals surface area contributed by atoms with E-state index in [9.17, 15) is 9.59 Å². The lowest BCUT2D eigenvalue weighted by Crippen LogP contribution is -2.39. The Morgan fingerprint density at radius 3 is 2.05 bits per heavy atom. The summed E-state index contributed by atoms with van der Waals surface area (Å²) < 4.78 is 5.23. The van der Waals surface area contributed by atoms with Gasteiger partial charge in [-0.2, -0.15) is 0 Å². The molecule has 0 aliphatic heterocycles. The Morgan fingerprint density at radius 1 is 1.05 bits per heavy atom. The first kappa shape index (κ1) is 19.9. The molecule has 0 rings (SSSR count). The summed E-state index contributed by atoms with van der Waals surface area (Å²) in [6.45, 7) is 11.9. The smallest absolute Gasteiger partial charge is 0.306 e. The summed E-state index contributed by atoms with van der Waals surface area (Å²) in [5, 5.41) is 0. The van der Waals surface area contributed by atoms with Crippen molar-refractivity contribution in [2.45, 2.75) is 53.1 Å². The fraction of sp³-hybridized carbons (Fsp3) is 0.875. The number of carbonyl (C=O) groups excluding carboxylic acids is 2. The Morgan fingerprint density at radius 2 is 1.62 bits per heavy atom. The van der Waals surface area contributed by atoms with Crippen LogP contribution in [-0.4, -0.2) is 61.0 Å². The van der Waals surface area contributed by atoms with Crippen molar-refractivity contribution in [2.24, 2.45) is 5.92 Å². The zero-order valence-electron chi connectivity index (χ0n) is 14.7. The van der Waals surface area contributed by atoms with E-state index in [2.05, 4.69) is 18.7 Å². The van der Waals surface area contributed by atoms with E-state index >= 15 is 0 Å². The lowest BCUT2D eigenvalue weighted by molar-refractivity contribution is -0.156. The SMILES string of the molecule is CC(C)CN(CCN(C)C)C(=O)CCC(=O)OC(C)(C)C. The van der Waals surface area contributed by atoms with Crippen LogP contribution in [0.2, 0.25) is 0 Å². The predicted octanol–water partition coefficient (Wildman–Crippen LogP) is 2.15. The molecule has 0 fully saturated rings. The number of rotatable bonds is 8. The van der Waals surface area contributed by atoms with Gasteiger partial charge in [-0.1, -0.05) is 13.8 Å². The minimum atomic E-state index is -0.497. The van der Waals surface area contributed by atoms with Gasteiger partial charge in [0.1, 0.15) is 5.60 Å². The molecule has 0 aromatic rings. The number of ether oxygens (including phenoxy) is 1. The Kier molecular flexibility index (Phi) is 8.55. The van der Waals surface area contributed by atoms with E-state index < -0.39 is 5.60 Å². The van der Waals surface area contributed by atoms with Crippen LogP contribution in [0.4, 0.5) is 0 Å². The summed E-state index contributed by atoms with van der Waals surface area (Å²) in [6.07, 6.45) is 0.363. The standard InChI is InChI=1S/C16H32N2O3/c1-13(2)12-18(11-10-17(6)7)14(19)8-9-15(20)21-16(3,4)5/h13H,8-12H2,1-7H3. The summed E-state index contributed by atoms with van der Waals surface area (Å²) in [7, 11) is 3.97. The van der Waals surface area contributed by atoms with Crippen molar-refractivity contribution in [2.75, 3.05) is 33.7 Å². The van der Waals surface area contributed by atoms with Crippen molar-refractivity contribution >= 4 is 11.9 Å². The number of hydrogen-bond donors (Lipinski definition) is 0. The molecule has 0 aliphatic rings. The molecule has 0 saturated heterocycles. The number of hydrogen-bond acceptors (Lipinski definition) is 4. The molecule has 21 heavy (non-hydrogen) atoms. The van der Waals surface area contributed by atoms with Gasteiger partial charge in [0, 0.05) is 26.1 Å². The van der Waals surface area contributed by atoms with Gasteiger partial charge >= 0.3 is 5.97 Å². The Labute approximate surface area is 129 Å². The number of likely N-dealkylation sites (N-methyl/N-ethyl adjacent to an activating group) is 1. The van der Waals surface area contributed by atoms with Gasteiger partial charge in [-0.15, -0.1) is 0 Å². The van der Waals surface area contributed by atoms with E-state index in [4.69, 9.17) is 4.74 Å². The van der Waals surface area contributed by atoms with Crippen molar-refractivity contribution in [3.63, 3.8) is 0 Å². The highest BCUT2D eigenvalue weighted by atomic mass is 16.6. The highest BCUT2D eigenvalue weighted by Gasteiger charge is 2.20. The van der Waals surface area contributed by atoms with Crippen LogP contribution in [0.25, 0.3) is 0 Å². The molecule has 0 aromatic carbocycles. The highest BCUT2D eigenvalue weighted by molar-refractivity contribution is 5.81. The third-order valence-electron chi connectivity index (χ3n) is 2.72. The monoisotopic (exact) mass is 300 g/mol. The van der Waals surface area contributed by atoms with Crippen molar-refractivity contribution in [3.8, 4) is 0 Å². The van der Waals surface area contributed by atoms with E-state index in [1.807, 2.05) is 39.8 Å². The Bertz CT molecular complexity index is 333. The van der Waals surface area contributed by atoms with Gasteiger partial charge in [-0.25, -0.2) is 0 Å². The fourth-order valence-electron chi connectivity index (χ4n) is 1.84. The maximum atomic E-state index is 12.3.